The zero-order valence-electron chi connectivity index (χ0n) is 10.1. The second kappa shape index (κ2) is 5.22. The van der Waals surface area contributed by atoms with Crippen molar-refractivity contribution in [3.63, 3.8) is 0 Å². The smallest absolute Gasteiger partial charge is 0.129 e. The number of phenols is 1. The van der Waals surface area contributed by atoms with Gasteiger partial charge in [-0.3, -0.25) is 0 Å². The molecular formula is C13H17FO4. The summed E-state index contributed by atoms with van der Waals surface area (Å²) in [6.07, 6.45) is -2.32. The Morgan fingerprint density at radius 3 is 2.78 bits per heavy atom. The monoisotopic (exact) mass is 256 g/mol. The average Bonchev–Trinajstić information content (AvgIpc) is 2.35. The van der Waals surface area contributed by atoms with E-state index in [9.17, 15) is 19.7 Å². The molecule has 1 aromatic carbocycles. The third kappa shape index (κ3) is 2.48. The highest BCUT2D eigenvalue weighted by atomic mass is 19.1. The topological polar surface area (TPSA) is 69.9 Å². The number of aromatic hydroxyl groups is 1. The number of hydrogen-bond acceptors (Lipinski definition) is 4. The Kier molecular flexibility index (Phi) is 3.85. The van der Waals surface area contributed by atoms with Crippen molar-refractivity contribution in [3.05, 3.63) is 29.6 Å². The molecule has 0 radical (unpaired) electrons. The third-order valence-corrected chi connectivity index (χ3v) is 3.29. The molecule has 0 saturated carbocycles. The fourth-order valence-corrected chi connectivity index (χ4v) is 2.22. The predicted molar refractivity (Wildman–Crippen MR) is 62.6 cm³/mol. The number of halogens is 1. The van der Waals surface area contributed by atoms with E-state index in [0.29, 0.717) is 12.8 Å². The number of benzene rings is 1. The molecule has 18 heavy (non-hydrogen) atoms. The lowest BCUT2D eigenvalue weighted by Crippen LogP contribution is -2.43. The van der Waals surface area contributed by atoms with Gasteiger partial charge < -0.3 is 20.1 Å². The summed E-state index contributed by atoms with van der Waals surface area (Å²) in [7, 11) is 0. The van der Waals surface area contributed by atoms with Gasteiger partial charge in [0.1, 0.15) is 23.8 Å². The molecule has 0 amide bonds. The van der Waals surface area contributed by atoms with E-state index < -0.39 is 24.1 Å². The van der Waals surface area contributed by atoms with Crippen LogP contribution in [0.5, 0.6) is 5.75 Å². The molecule has 1 fully saturated rings. The number of phenolic OH excluding ortho intramolecular Hbond substituents is 1. The summed E-state index contributed by atoms with van der Waals surface area (Å²) in [6, 6.07) is 3.55. The molecule has 0 aliphatic carbocycles. The van der Waals surface area contributed by atoms with Crippen molar-refractivity contribution in [2.45, 2.75) is 44.2 Å². The van der Waals surface area contributed by atoms with Crippen molar-refractivity contribution in [2.24, 2.45) is 0 Å². The molecule has 4 atom stereocenters. The summed E-state index contributed by atoms with van der Waals surface area (Å²) in [4.78, 5) is 0. The van der Waals surface area contributed by atoms with Gasteiger partial charge >= 0.3 is 0 Å². The van der Waals surface area contributed by atoms with Crippen LogP contribution in [0.2, 0.25) is 0 Å². The van der Waals surface area contributed by atoms with E-state index in [0.717, 1.165) is 6.07 Å². The van der Waals surface area contributed by atoms with Crippen molar-refractivity contribution in [1.29, 1.82) is 0 Å². The van der Waals surface area contributed by atoms with Gasteiger partial charge in [0.2, 0.25) is 0 Å². The Morgan fingerprint density at radius 2 is 2.11 bits per heavy atom. The highest BCUT2D eigenvalue weighted by Crippen LogP contribution is 2.35. The van der Waals surface area contributed by atoms with Gasteiger partial charge in [-0.2, -0.15) is 0 Å². The molecule has 0 bridgehead atoms. The van der Waals surface area contributed by atoms with E-state index >= 15 is 0 Å². The van der Waals surface area contributed by atoms with Crippen LogP contribution in [0.4, 0.5) is 4.39 Å². The van der Waals surface area contributed by atoms with Crippen molar-refractivity contribution in [2.75, 3.05) is 0 Å². The standard InChI is InChI=1S/C13H17FO4/c1-2-8-6-11(16)12(17)13(18-8)9-5-7(15)3-4-10(9)14/h3-5,8,11-13,15-17H,2,6H2,1H3. The predicted octanol–water partition coefficient (Wildman–Crippen LogP) is 1.49. The van der Waals surface area contributed by atoms with Gasteiger partial charge in [-0.05, 0) is 24.6 Å². The number of ether oxygens (including phenoxy) is 1. The van der Waals surface area contributed by atoms with Gasteiger partial charge in [-0.15, -0.1) is 0 Å². The normalized spacial score (nSPS) is 32.4. The SMILES string of the molecule is CCC1CC(O)C(O)C(c2cc(O)ccc2F)O1. The second-order valence-corrected chi connectivity index (χ2v) is 4.59. The fraction of sp³-hybridized carbons (Fsp3) is 0.538. The first-order valence-electron chi connectivity index (χ1n) is 6.03. The second-order valence-electron chi connectivity index (χ2n) is 4.59. The van der Waals surface area contributed by atoms with Crippen molar-refractivity contribution < 1.29 is 24.4 Å². The Balaban J connectivity index is 2.32. The summed E-state index contributed by atoms with van der Waals surface area (Å²) in [5.41, 5.74) is 0.0692. The lowest BCUT2D eigenvalue weighted by Gasteiger charge is -2.37. The Morgan fingerprint density at radius 1 is 1.39 bits per heavy atom. The number of aliphatic hydroxyl groups excluding tert-OH is 2. The molecular weight excluding hydrogens is 239 g/mol. The average molecular weight is 256 g/mol. The molecule has 1 saturated heterocycles. The van der Waals surface area contributed by atoms with E-state index in [-0.39, 0.29) is 17.4 Å². The van der Waals surface area contributed by atoms with Crippen LogP contribution in [-0.2, 0) is 4.74 Å². The fourth-order valence-electron chi connectivity index (χ4n) is 2.22. The first-order valence-corrected chi connectivity index (χ1v) is 6.03. The largest absolute Gasteiger partial charge is 0.508 e. The van der Waals surface area contributed by atoms with E-state index in [1.54, 1.807) is 0 Å². The highest BCUT2D eigenvalue weighted by molar-refractivity contribution is 5.31. The molecule has 2 rings (SSSR count). The third-order valence-electron chi connectivity index (χ3n) is 3.29. The molecule has 0 spiro atoms. The van der Waals surface area contributed by atoms with Crippen LogP contribution in [0.3, 0.4) is 0 Å². The minimum Gasteiger partial charge on any atom is -0.508 e. The molecule has 0 aromatic heterocycles. The van der Waals surface area contributed by atoms with Crippen molar-refractivity contribution in [1.82, 2.24) is 0 Å². The minimum absolute atomic E-state index is 0.0692. The van der Waals surface area contributed by atoms with E-state index in [2.05, 4.69) is 0 Å². The van der Waals surface area contributed by atoms with Crippen LogP contribution >= 0.6 is 0 Å². The summed E-state index contributed by atoms with van der Waals surface area (Å²) >= 11 is 0. The van der Waals surface area contributed by atoms with Gasteiger partial charge in [0.25, 0.3) is 0 Å². The Labute approximate surface area is 105 Å². The molecule has 1 heterocycles. The van der Waals surface area contributed by atoms with Gasteiger partial charge in [0, 0.05) is 12.0 Å². The molecule has 1 aromatic rings. The summed E-state index contributed by atoms with van der Waals surface area (Å²) in [5.74, 6) is -0.670. The van der Waals surface area contributed by atoms with Crippen LogP contribution in [0, 0.1) is 5.82 Å². The highest BCUT2D eigenvalue weighted by Gasteiger charge is 2.38. The maximum absolute atomic E-state index is 13.7. The minimum atomic E-state index is -1.19. The quantitative estimate of drug-likeness (QED) is 0.750. The van der Waals surface area contributed by atoms with E-state index in [1.807, 2.05) is 6.92 Å². The van der Waals surface area contributed by atoms with Gasteiger partial charge in [-0.1, -0.05) is 6.92 Å². The van der Waals surface area contributed by atoms with Crippen molar-refractivity contribution >= 4 is 0 Å². The maximum Gasteiger partial charge on any atom is 0.129 e. The molecule has 1 aliphatic rings. The summed E-state index contributed by atoms with van der Waals surface area (Å²) in [5, 5.41) is 29.0. The molecule has 4 nitrogen and oxygen atoms in total. The summed E-state index contributed by atoms with van der Waals surface area (Å²) in [6.45, 7) is 1.89. The summed E-state index contributed by atoms with van der Waals surface area (Å²) < 4.78 is 19.3. The van der Waals surface area contributed by atoms with E-state index in [1.165, 1.54) is 12.1 Å². The van der Waals surface area contributed by atoms with Gasteiger partial charge in [0.15, 0.2) is 0 Å². The first-order chi connectivity index (χ1) is 8.52. The zero-order valence-corrected chi connectivity index (χ0v) is 10.1. The number of hydrogen-bond donors (Lipinski definition) is 3. The molecule has 4 unspecified atom stereocenters. The van der Waals surface area contributed by atoms with Crippen LogP contribution in [-0.4, -0.2) is 33.6 Å². The Bertz CT molecular complexity index is 423. The van der Waals surface area contributed by atoms with Gasteiger partial charge in [0.05, 0.1) is 12.2 Å². The number of aliphatic hydroxyl groups is 2. The van der Waals surface area contributed by atoms with Crippen LogP contribution in [0.15, 0.2) is 18.2 Å². The molecule has 100 valence electrons. The van der Waals surface area contributed by atoms with Crippen molar-refractivity contribution in [3.8, 4) is 5.75 Å². The molecule has 5 heteroatoms. The molecule has 3 N–H and O–H groups in total. The first kappa shape index (κ1) is 13.3. The Hall–Kier alpha value is -1.17. The number of rotatable bonds is 2. The lowest BCUT2D eigenvalue weighted by molar-refractivity contribution is -0.172. The van der Waals surface area contributed by atoms with Gasteiger partial charge in [-0.25, -0.2) is 4.39 Å². The zero-order chi connectivity index (χ0) is 13.3. The van der Waals surface area contributed by atoms with Crippen LogP contribution in [0.25, 0.3) is 0 Å². The van der Waals surface area contributed by atoms with E-state index in [4.69, 9.17) is 4.74 Å². The van der Waals surface area contributed by atoms with Crippen LogP contribution in [0.1, 0.15) is 31.4 Å². The lowest BCUT2D eigenvalue weighted by atomic mass is 9.92. The molecule has 1 aliphatic heterocycles. The van der Waals surface area contributed by atoms with Crippen LogP contribution < -0.4 is 0 Å². The maximum atomic E-state index is 13.7.